The number of hydrogen-bond donors (Lipinski definition) is 0. The van der Waals surface area contributed by atoms with Crippen LogP contribution in [0.1, 0.15) is 11.1 Å². The predicted molar refractivity (Wildman–Crippen MR) is 82.2 cm³/mol. The molecule has 0 N–H and O–H groups in total. The lowest BCUT2D eigenvalue weighted by Crippen LogP contribution is -1.97. The Hall–Kier alpha value is -0.510. The highest BCUT2D eigenvalue weighted by molar-refractivity contribution is 9.10. The minimum absolute atomic E-state index is 0.440. The van der Waals surface area contributed by atoms with E-state index in [1.807, 2.05) is 42.5 Å². The Morgan fingerprint density at radius 1 is 0.944 bits per heavy atom. The van der Waals surface area contributed by atoms with Gasteiger partial charge < -0.3 is 4.74 Å². The summed E-state index contributed by atoms with van der Waals surface area (Å²) < 4.78 is 7.86. The fraction of sp³-hybridized carbons (Fsp3) is 0.143. The van der Waals surface area contributed by atoms with Gasteiger partial charge in [-0.3, -0.25) is 0 Å². The molecule has 0 saturated carbocycles. The summed E-state index contributed by atoms with van der Waals surface area (Å²) in [5.41, 5.74) is 2.12. The van der Waals surface area contributed by atoms with Crippen molar-refractivity contribution in [3.8, 4) is 5.75 Å². The Morgan fingerprint density at radius 3 is 2.28 bits per heavy atom. The SMILES string of the molecule is ClCc1cc(Br)ccc1OCc1ccc(Br)cc1. The van der Waals surface area contributed by atoms with Crippen LogP contribution in [0.3, 0.4) is 0 Å². The summed E-state index contributed by atoms with van der Waals surface area (Å²) in [7, 11) is 0. The smallest absolute Gasteiger partial charge is 0.124 e. The molecule has 2 rings (SSSR count). The van der Waals surface area contributed by atoms with Crippen molar-refractivity contribution in [2.75, 3.05) is 0 Å². The second-order valence-corrected chi connectivity index (χ2v) is 5.90. The molecule has 2 aromatic carbocycles. The minimum Gasteiger partial charge on any atom is -0.489 e. The fourth-order valence-electron chi connectivity index (χ4n) is 1.53. The molecule has 18 heavy (non-hydrogen) atoms. The van der Waals surface area contributed by atoms with Crippen molar-refractivity contribution in [2.45, 2.75) is 12.5 Å². The van der Waals surface area contributed by atoms with Gasteiger partial charge in [-0.25, -0.2) is 0 Å². The zero-order chi connectivity index (χ0) is 13.0. The van der Waals surface area contributed by atoms with Crippen molar-refractivity contribution in [1.82, 2.24) is 0 Å². The first-order valence-corrected chi connectivity index (χ1v) is 7.53. The van der Waals surface area contributed by atoms with Gasteiger partial charge >= 0.3 is 0 Å². The van der Waals surface area contributed by atoms with Crippen LogP contribution < -0.4 is 4.74 Å². The van der Waals surface area contributed by atoms with E-state index < -0.39 is 0 Å². The van der Waals surface area contributed by atoms with Crippen molar-refractivity contribution in [3.05, 3.63) is 62.5 Å². The van der Waals surface area contributed by atoms with Gasteiger partial charge in [-0.2, -0.15) is 0 Å². The average Bonchev–Trinajstić information content (AvgIpc) is 2.39. The lowest BCUT2D eigenvalue weighted by Gasteiger charge is -2.10. The second kappa shape index (κ2) is 6.60. The first-order chi connectivity index (χ1) is 8.69. The molecule has 4 heteroatoms. The van der Waals surface area contributed by atoms with E-state index in [9.17, 15) is 0 Å². The molecule has 1 nitrogen and oxygen atoms in total. The highest BCUT2D eigenvalue weighted by Gasteiger charge is 2.04. The molecular formula is C14H11Br2ClO. The number of halogens is 3. The minimum atomic E-state index is 0.440. The third-order valence-electron chi connectivity index (χ3n) is 2.47. The molecule has 0 aliphatic rings. The summed E-state index contributed by atoms with van der Waals surface area (Å²) in [4.78, 5) is 0. The molecule has 0 aliphatic heterocycles. The molecule has 0 aliphatic carbocycles. The van der Waals surface area contributed by atoms with Gasteiger partial charge in [-0.1, -0.05) is 44.0 Å². The summed E-state index contributed by atoms with van der Waals surface area (Å²) in [5.74, 6) is 1.27. The summed E-state index contributed by atoms with van der Waals surface area (Å²) in [6, 6.07) is 13.9. The van der Waals surface area contributed by atoms with E-state index in [1.54, 1.807) is 0 Å². The summed E-state index contributed by atoms with van der Waals surface area (Å²) in [6.07, 6.45) is 0. The molecule has 0 spiro atoms. The topological polar surface area (TPSA) is 9.23 Å². The Bertz CT molecular complexity index is 526. The Morgan fingerprint density at radius 2 is 1.61 bits per heavy atom. The van der Waals surface area contributed by atoms with Crippen molar-refractivity contribution in [2.24, 2.45) is 0 Å². The third kappa shape index (κ3) is 3.74. The van der Waals surface area contributed by atoms with Gasteiger partial charge in [0, 0.05) is 14.5 Å². The van der Waals surface area contributed by atoms with E-state index in [-0.39, 0.29) is 0 Å². The van der Waals surface area contributed by atoms with Gasteiger partial charge in [0.15, 0.2) is 0 Å². The van der Waals surface area contributed by atoms with Crippen LogP contribution in [-0.2, 0) is 12.5 Å². The summed E-state index contributed by atoms with van der Waals surface area (Å²) in [6.45, 7) is 0.540. The molecular weight excluding hydrogens is 379 g/mol. The molecule has 0 saturated heterocycles. The molecule has 0 heterocycles. The van der Waals surface area contributed by atoms with Gasteiger partial charge in [-0.15, -0.1) is 11.6 Å². The van der Waals surface area contributed by atoms with Gasteiger partial charge in [-0.05, 0) is 35.9 Å². The number of hydrogen-bond acceptors (Lipinski definition) is 1. The number of benzene rings is 2. The van der Waals surface area contributed by atoms with Crippen molar-refractivity contribution in [3.63, 3.8) is 0 Å². The molecule has 2 aromatic rings. The van der Waals surface area contributed by atoms with Crippen molar-refractivity contribution in [1.29, 1.82) is 0 Å². The molecule has 0 fully saturated rings. The quantitative estimate of drug-likeness (QED) is 0.624. The monoisotopic (exact) mass is 388 g/mol. The normalized spacial score (nSPS) is 10.4. The zero-order valence-corrected chi connectivity index (χ0v) is 13.4. The Balaban J connectivity index is 2.08. The number of alkyl halides is 1. The lowest BCUT2D eigenvalue weighted by molar-refractivity contribution is 0.304. The zero-order valence-electron chi connectivity index (χ0n) is 9.50. The van der Waals surface area contributed by atoms with Crippen LogP contribution in [0.5, 0.6) is 5.75 Å². The van der Waals surface area contributed by atoms with Gasteiger partial charge in [0.25, 0.3) is 0 Å². The molecule has 0 unspecified atom stereocenters. The van der Waals surface area contributed by atoms with Crippen LogP contribution >= 0.6 is 43.5 Å². The van der Waals surface area contributed by atoms with E-state index in [2.05, 4.69) is 31.9 Å². The van der Waals surface area contributed by atoms with E-state index in [1.165, 1.54) is 0 Å². The van der Waals surface area contributed by atoms with Gasteiger partial charge in [0.1, 0.15) is 12.4 Å². The van der Waals surface area contributed by atoms with E-state index in [0.29, 0.717) is 12.5 Å². The average molecular weight is 391 g/mol. The highest BCUT2D eigenvalue weighted by Crippen LogP contribution is 2.25. The van der Waals surface area contributed by atoms with Crippen LogP contribution in [0.25, 0.3) is 0 Å². The third-order valence-corrected chi connectivity index (χ3v) is 3.78. The van der Waals surface area contributed by atoms with Crippen LogP contribution in [0.4, 0.5) is 0 Å². The predicted octanol–water partition coefficient (Wildman–Crippen LogP) is 5.53. The van der Waals surface area contributed by atoms with Crippen molar-refractivity contribution >= 4 is 43.5 Å². The maximum atomic E-state index is 5.90. The fourth-order valence-corrected chi connectivity index (χ4v) is 2.42. The molecule has 0 bridgehead atoms. The summed E-state index contributed by atoms with van der Waals surface area (Å²) in [5, 5.41) is 0. The van der Waals surface area contributed by atoms with E-state index in [4.69, 9.17) is 16.3 Å². The largest absolute Gasteiger partial charge is 0.489 e. The Labute approximate surface area is 128 Å². The summed E-state index contributed by atoms with van der Waals surface area (Å²) >= 11 is 12.7. The maximum Gasteiger partial charge on any atom is 0.124 e. The highest BCUT2D eigenvalue weighted by atomic mass is 79.9. The van der Waals surface area contributed by atoms with Gasteiger partial charge in [0.05, 0.1) is 5.88 Å². The molecule has 0 amide bonds. The van der Waals surface area contributed by atoms with E-state index in [0.717, 1.165) is 25.8 Å². The van der Waals surface area contributed by atoms with Crippen LogP contribution in [0.15, 0.2) is 51.4 Å². The first-order valence-electron chi connectivity index (χ1n) is 5.40. The Kier molecular flexibility index (Phi) is 5.10. The standard InChI is InChI=1S/C14H11Br2ClO/c15-12-3-1-10(2-4-12)9-18-14-6-5-13(16)7-11(14)8-17/h1-7H,8-9H2. The molecule has 94 valence electrons. The number of ether oxygens (including phenoxy) is 1. The van der Waals surface area contributed by atoms with Gasteiger partial charge in [0.2, 0.25) is 0 Å². The maximum absolute atomic E-state index is 5.90. The lowest BCUT2D eigenvalue weighted by atomic mass is 10.2. The number of rotatable bonds is 4. The first kappa shape index (κ1) is 13.9. The molecule has 0 radical (unpaired) electrons. The van der Waals surface area contributed by atoms with Crippen molar-refractivity contribution < 1.29 is 4.74 Å². The molecule has 0 aromatic heterocycles. The van der Waals surface area contributed by atoms with Crippen LogP contribution in [-0.4, -0.2) is 0 Å². The van der Waals surface area contributed by atoms with E-state index >= 15 is 0 Å². The molecule has 0 atom stereocenters. The van der Waals surface area contributed by atoms with Crippen LogP contribution in [0, 0.1) is 0 Å². The van der Waals surface area contributed by atoms with Crippen LogP contribution in [0.2, 0.25) is 0 Å². The second-order valence-electron chi connectivity index (χ2n) is 3.80.